The van der Waals surface area contributed by atoms with Crippen molar-refractivity contribution < 1.29 is 23.5 Å². The first kappa shape index (κ1) is 23.2. The Kier molecular flexibility index (Phi) is 6.84. The predicted octanol–water partition coefficient (Wildman–Crippen LogP) is 5.75. The fraction of sp³-hybridized carbons (Fsp3) is 0.0357. The maximum Gasteiger partial charge on any atom is 0.344 e. The summed E-state index contributed by atoms with van der Waals surface area (Å²) in [6, 6.07) is 24.5. The summed E-state index contributed by atoms with van der Waals surface area (Å²) >= 11 is 0. The third-order valence-corrected chi connectivity index (χ3v) is 5.18. The van der Waals surface area contributed by atoms with Gasteiger partial charge in [0.05, 0.1) is 12.7 Å². The molecule has 1 amide bonds. The van der Waals surface area contributed by atoms with E-state index in [1.54, 1.807) is 24.3 Å². The normalized spacial score (nSPS) is 10.9. The minimum atomic E-state index is -0.663. The van der Waals surface area contributed by atoms with E-state index in [1.807, 2.05) is 36.4 Å². The molecule has 0 aliphatic rings. The molecule has 4 aromatic carbocycles. The Morgan fingerprint density at radius 2 is 1.69 bits per heavy atom. The lowest BCUT2D eigenvalue weighted by Gasteiger charge is -2.11. The maximum atomic E-state index is 13.1. The third-order valence-electron chi connectivity index (χ3n) is 5.18. The van der Waals surface area contributed by atoms with E-state index in [0.29, 0.717) is 22.6 Å². The van der Waals surface area contributed by atoms with Gasteiger partial charge in [0, 0.05) is 5.69 Å². The van der Waals surface area contributed by atoms with Crippen LogP contribution in [0.25, 0.3) is 16.8 Å². The number of benzene rings is 4. The largest absolute Gasteiger partial charge is 0.493 e. The average molecular weight is 466 g/mol. The topological polar surface area (TPSA) is 88.4 Å². The summed E-state index contributed by atoms with van der Waals surface area (Å²) in [6.45, 7) is 0. The Hall–Kier alpha value is -4.96. The minimum Gasteiger partial charge on any atom is -0.493 e. The van der Waals surface area contributed by atoms with E-state index in [2.05, 4.69) is 5.32 Å². The summed E-state index contributed by atoms with van der Waals surface area (Å²) in [5.74, 6) is -1.23. The summed E-state index contributed by atoms with van der Waals surface area (Å²) < 4.78 is 24.0. The molecule has 0 saturated heterocycles. The van der Waals surface area contributed by atoms with Gasteiger partial charge in [0.25, 0.3) is 5.91 Å². The number of ether oxygens (including phenoxy) is 2. The first-order valence-electron chi connectivity index (χ1n) is 10.5. The van der Waals surface area contributed by atoms with Crippen molar-refractivity contribution in [1.29, 1.82) is 5.26 Å². The first-order valence-corrected chi connectivity index (χ1v) is 10.5. The molecule has 0 atom stereocenters. The van der Waals surface area contributed by atoms with Crippen LogP contribution in [0.5, 0.6) is 11.5 Å². The molecule has 0 aliphatic heterocycles. The summed E-state index contributed by atoms with van der Waals surface area (Å²) in [6.07, 6.45) is 1.35. The monoisotopic (exact) mass is 466 g/mol. The van der Waals surface area contributed by atoms with Crippen LogP contribution in [-0.4, -0.2) is 19.0 Å². The highest BCUT2D eigenvalue weighted by Crippen LogP contribution is 2.31. The summed E-state index contributed by atoms with van der Waals surface area (Å²) in [7, 11) is 1.44. The van der Waals surface area contributed by atoms with Crippen molar-refractivity contribution in [3.05, 3.63) is 107 Å². The van der Waals surface area contributed by atoms with Crippen molar-refractivity contribution in [3.63, 3.8) is 0 Å². The van der Waals surface area contributed by atoms with Gasteiger partial charge in [-0.05, 0) is 64.9 Å². The fourth-order valence-electron chi connectivity index (χ4n) is 3.47. The molecule has 0 aliphatic carbocycles. The first-order chi connectivity index (χ1) is 17.0. The summed E-state index contributed by atoms with van der Waals surface area (Å²) in [4.78, 5) is 25.5. The zero-order chi connectivity index (χ0) is 24.8. The van der Waals surface area contributed by atoms with E-state index < -0.39 is 17.7 Å². The molecule has 7 heteroatoms. The Labute approximate surface area is 200 Å². The highest BCUT2D eigenvalue weighted by molar-refractivity contribution is 6.09. The molecule has 172 valence electrons. The predicted molar refractivity (Wildman–Crippen MR) is 131 cm³/mol. The lowest BCUT2D eigenvalue weighted by Crippen LogP contribution is -2.13. The zero-order valence-electron chi connectivity index (χ0n) is 18.6. The lowest BCUT2D eigenvalue weighted by atomic mass is 10.0. The number of rotatable bonds is 6. The van der Waals surface area contributed by atoms with Gasteiger partial charge in [-0.1, -0.05) is 42.5 Å². The zero-order valence-corrected chi connectivity index (χ0v) is 18.6. The smallest absolute Gasteiger partial charge is 0.344 e. The molecule has 35 heavy (non-hydrogen) atoms. The molecule has 1 N–H and O–H groups in total. The molecule has 0 fully saturated rings. The molecule has 6 nitrogen and oxygen atoms in total. The lowest BCUT2D eigenvalue weighted by molar-refractivity contribution is -0.112. The van der Waals surface area contributed by atoms with Crippen LogP contribution in [-0.2, 0) is 4.79 Å². The number of nitrogens with zero attached hydrogens (tertiary/aromatic N) is 1. The van der Waals surface area contributed by atoms with E-state index in [4.69, 9.17) is 9.47 Å². The summed E-state index contributed by atoms with van der Waals surface area (Å²) in [5.41, 5.74) is 0.989. The van der Waals surface area contributed by atoms with Gasteiger partial charge >= 0.3 is 5.97 Å². The van der Waals surface area contributed by atoms with Gasteiger partial charge in [0.1, 0.15) is 17.5 Å². The Morgan fingerprint density at radius 3 is 2.43 bits per heavy atom. The van der Waals surface area contributed by atoms with Crippen molar-refractivity contribution in [2.45, 2.75) is 0 Å². The van der Waals surface area contributed by atoms with Gasteiger partial charge in [0.2, 0.25) is 0 Å². The van der Waals surface area contributed by atoms with Crippen LogP contribution in [0.4, 0.5) is 10.1 Å². The standard InChI is InChI=1S/C28H19FN2O4/c1-34-25-14-9-18(15-20(17-30)27(32)31-22-12-10-21(29)11-13-22)16-26(25)35-28(33)24-8-4-6-19-5-2-3-7-23(19)24/h2-16H,1H3,(H,31,32)/b20-15-. The molecule has 0 heterocycles. The summed E-state index contributed by atoms with van der Waals surface area (Å²) in [5, 5.41) is 13.7. The van der Waals surface area contributed by atoms with Crippen LogP contribution < -0.4 is 14.8 Å². The average Bonchev–Trinajstić information content (AvgIpc) is 2.88. The molecule has 0 unspecified atom stereocenters. The van der Waals surface area contributed by atoms with Gasteiger partial charge in [-0.3, -0.25) is 4.79 Å². The number of halogens is 1. The SMILES string of the molecule is COc1ccc(/C=C(/C#N)C(=O)Nc2ccc(F)cc2)cc1OC(=O)c1cccc2ccccc12. The number of fused-ring (bicyclic) bond motifs is 1. The molecule has 0 spiro atoms. The number of anilines is 1. The molecule has 0 aromatic heterocycles. The van der Waals surface area contributed by atoms with Crippen LogP contribution >= 0.6 is 0 Å². The number of hydrogen-bond donors (Lipinski definition) is 1. The number of methoxy groups -OCH3 is 1. The van der Waals surface area contributed by atoms with Gasteiger partial charge in [-0.25, -0.2) is 9.18 Å². The van der Waals surface area contributed by atoms with Gasteiger partial charge in [0.15, 0.2) is 11.5 Å². The van der Waals surface area contributed by atoms with E-state index in [9.17, 15) is 19.2 Å². The van der Waals surface area contributed by atoms with Crippen LogP contribution in [0.15, 0.2) is 90.5 Å². The maximum absolute atomic E-state index is 13.1. The van der Waals surface area contributed by atoms with Gasteiger partial charge in [-0.2, -0.15) is 5.26 Å². The number of carbonyl (C=O) groups excluding carboxylic acids is 2. The van der Waals surface area contributed by atoms with Crippen LogP contribution in [0, 0.1) is 17.1 Å². The Bertz CT molecular complexity index is 1480. The second kappa shape index (κ2) is 10.3. The number of nitrogens with one attached hydrogen (secondary N) is 1. The molecule has 0 bridgehead atoms. The molecule has 4 aromatic rings. The molecular weight excluding hydrogens is 447 g/mol. The molecule has 4 rings (SSSR count). The fourth-order valence-corrected chi connectivity index (χ4v) is 3.47. The Morgan fingerprint density at radius 1 is 0.943 bits per heavy atom. The van der Waals surface area contributed by atoms with E-state index in [-0.39, 0.29) is 11.3 Å². The third kappa shape index (κ3) is 5.34. The van der Waals surface area contributed by atoms with Crippen molar-refractivity contribution in [3.8, 4) is 17.6 Å². The second-order valence-electron chi connectivity index (χ2n) is 7.46. The minimum absolute atomic E-state index is 0.135. The van der Waals surface area contributed by atoms with Crippen LogP contribution in [0.1, 0.15) is 15.9 Å². The van der Waals surface area contributed by atoms with Gasteiger partial charge in [-0.15, -0.1) is 0 Å². The number of carbonyl (C=O) groups is 2. The highest BCUT2D eigenvalue weighted by Gasteiger charge is 2.16. The number of esters is 1. The molecule has 0 saturated carbocycles. The van der Waals surface area contributed by atoms with Crippen LogP contribution in [0.2, 0.25) is 0 Å². The number of hydrogen-bond acceptors (Lipinski definition) is 5. The van der Waals surface area contributed by atoms with E-state index >= 15 is 0 Å². The number of nitriles is 1. The molecule has 0 radical (unpaired) electrons. The van der Waals surface area contributed by atoms with Crippen molar-refractivity contribution >= 4 is 34.4 Å². The van der Waals surface area contributed by atoms with Crippen molar-refractivity contribution in [2.75, 3.05) is 12.4 Å². The van der Waals surface area contributed by atoms with Crippen molar-refractivity contribution in [1.82, 2.24) is 0 Å². The van der Waals surface area contributed by atoms with Gasteiger partial charge < -0.3 is 14.8 Å². The number of amides is 1. The second-order valence-corrected chi connectivity index (χ2v) is 7.46. The van der Waals surface area contributed by atoms with Crippen molar-refractivity contribution in [2.24, 2.45) is 0 Å². The van der Waals surface area contributed by atoms with E-state index in [0.717, 1.165) is 10.8 Å². The molecular formula is C28H19FN2O4. The highest BCUT2D eigenvalue weighted by atomic mass is 19.1. The van der Waals surface area contributed by atoms with Crippen LogP contribution in [0.3, 0.4) is 0 Å². The quantitative estimate of drug-likeness (QED) is 0.169. The van der Waals surface area contributed by atoms with E-state index in [1.165, 1.54) is 43.5 Å². The Balaban J connectivity index is 1.60.